The molecular weight excluding hydrogens is 422 g/mol. The van der Waals surface area contributed by atoms with Crippen molar-refractivity contribution < 1.29 is 19.5 Å². The standard InChI is InChI=1S/C18H19N7O2S.CH2O2/c26-16-9-14(17(27)20-6-7-24-12-19-11-21-24)10-25(16)18-23-22-15(28-18)8-13-4-2-1-3-5-13;2-1-3/h1-5,11-12,14H,6-10H2,(H,20,27);1H,(H,2,3). The Morgan fingerprint density at radius 1 is 1.29 bits per heavy atom. The molecule has 0 bridgehead atoms. The second kappa shape index (κ2) is 10.9. The Bertz CT molecular complexity index is 994. The molecule has 1 unspecified atom stereocenters. The Labute approximate surface area is 181 Å². The van der Waals surface area contributed by atoms with Crippen LogP contribution >= 0.6 is 11.3 Å². The Morgan fingerprint density at radius 3 is 2.77 bits per heavy atom. The molecule has 1 saturated heterocycles. The van der Waals surface area contributed by atoms with Crippen LogP contribution in [0.1, 0.15) is 17.0 Å². The largest absolute Gasteiger partial charge is 0.483 e. The zero-order valence-corrected chi connectivity index (χ0v) is 17.3. The summed E-state index contributed by atoms with van der Waals surface area (Å²) in [4.78, 5) is 38.5. The van der Waals surface area contributed by atoms with Gasteiger partial charge in [0, 0.05) is 25.9 Å². The Balaban J connectivity index is 0.000000858. The van der Waals surface area contributed by atoms with E-state index in [-0.39, 0.29) is 30.6 Å². The smallest absolute Gasteiger partial charge is 0.290 e. The zero-order valence-electron chi connectivity index (χ0n) is 16.5. The van der Waals surface area contributed by atoms with E-state index in [4.69, 9.17) is 9.90 Å². The molecule has 12 heteroatoms. The van der Waals surface area contributed by atoms with Crippen molar-refractivity contribution >= 4 is 34.8 Å². The number of rotatable bonds is 7. The quantitative estimate of drug-likeness (QED) is 0.505. The lowest BCUT2D eigenvalue weighted by atomic mass is 10.1. The van der Waals surface area contributed by atoms with Gasteiger partial charge in [0.2, 0.25) is 16.9 Å². The Morgan fingerprint density at radius 2 is 2.06 bits per heavy atom. The van der Waals surface area contributed by atoms with E-state index in [0.29, 0.717) is 31.2 Å². The molecule has 3 heterocycles. The molecule has 1 aliphatic heterocycles. The average Bonchev–Trinajstić information content (AvgIpc) is 3.51. The van der Waals surface area contributed by atoms with Crippen molar-refractivity contribution in [3.05, 3.63) is 53.6 Å². The number of carbonyl (C=O) groups is 3. The number of carbonyl (C=O) groups excluding carboxylic acids is 2. The normalized spacial score (nSPS) is 15.3. The van der Waals surface area contributed by atoms with Crippen LogP contribution in [0.4, 0.5) is 5.13 Å². The maximum Gasteiger partial charge on any atom is 0.290 e. The minimum Gasteiger partial charge on any atom is -0.483 e. The maximum atomic E-state index is 12.4. The minimum absolute atomic E-state index is 0.0983. The molecule has 2 amide bonds. The molecular formula is C19H21N7O4S. The van der Waals surface area contributed by atoms with Gasteiger partial charge >= 0.3 is 0 Å². The molecule has 11 nitrogen and oxygen atoms in total. The molecule has 162 valence electrons. The van der Waals surface area contributed by atoms with E-state index in [9.17, 15) is 9.59 Å². The van der Waals surface area contributed by atoms with Gasteiger partial charge in [-0.3, -0.25) is 24.0 Å². The predicted octanol–water partition coefficient (Wildman–Crippen LogP) is 0.590. The molecule has 1 aliphatic rings. The number of nitrogens with one attached hydrogen (secondary N) is 1. The van der Waals surface area contributed by atoms with Crippen molar-refractivity contribution in [1.82, 2.24) is 30.3 Å². The topological polar surface area (TPSA) is 143 Å². The number of hydrogen-bond donors (Lipinski definition) is 2. The molecule has 2 aromatic heterocycles. The van der Waals surface area contributed by atoms with E-state index in [1.807, 2.05) is 30.3 Å². The lowest BCUT2D eigenvalue weighted by Crippen LogP contribution is -2.34. The summed E-state index contributed by atoms with van der Waals surface area (Å²) < 4.78 is 1.64. The number of nitrogens with zero attached hydrogens (tertiary/aromatic N) is 6. The summed E-state index contributed by atoms with van der Waals surface area (Å²) in [7, 11) is 0. The van der Waals surface area contributed by atoms with Gasteiger partial charge in [0.25, 0.3) is 6.47 Å². The van der Waals surface area contributed by atoms with Crippen LogP contribution < -0.4 is 10.2 Å². The highest BCUT2D eigenvalue weighted by Gasteiger charge is 2.36. The van der Waals surface area contributed by atoms with Crippen LogP contribution in [0.15, 0.2) is 43.0 Å². The van der Waals surface area contributed by atoms with E-state index in [1.54, 1.807) is 15.9 Å². The number of amides is 2. The second-order valence-electron chi connectivity index (χ2n) is 6.60. The molecule has 31 heavy (non-hydrogen) atoms. The van der Waals surface area contributed by atoms with Gasteiger partial charge in [-0.15, -0.1) is 10.2 Å². The van der Waals surface area contributed by atoms with E-state index in [2.05, 4.69) is 25.6 Å². The van der Waals surface area contributed by atoms with Crippen molar-refractivity contribution in [3.63, 3.8) is 0 Å². The van der Waals surface area contributed by atoms with Crippen molar-refractivity contribution in [2.45, 2.75) is 19.4 Å². The van der Waals surface area contributed by atoms with E-state index in [0.717, 1.165) is 10.6 Å². The Hall–Kier alpha value is -3.67. The van der Waals surface area contributed by atoms with Gasteiger partial charge in [0.1, 0.15) is 17.7 Å². The fourth-order valence-corrected chi connectivity index (χ4v) is 3.95. The number of anilines is 1. The van der Waals surface area contributed by atoms with Crippen LogP contribution in [-0.4, -0.2) is 61.4 Å². The molecule has 1 aromatic carbocycles. The van der Waals surface area contributed by atoms with Crippen molar-refractivity contribution in [1.29, 1.82) is 0 Å². The van der Waals surface area contributed by atoms with Crippen LogP contribution in [0.3, 0.4) is 0 Å². The highest BCUT2D eigenvalue weighted by Crippen LogP contribution is 2.28. The summed E-state index contributed by atoms with van der Waals surface area (Å²) in [6, 6.07) is 9.99. The fourth-order valence-electron chi connectivity index (χ4n) is 3.05. The highest BCUT2D eigenvalue weighted by molar-refractivity contribution is 7.15. The maximum absolute atomic E-state index is 12.4. The fraction of sp³-hybridized carbons (Fsp3) is 0.316. The molecule has 1 atom stereocenters. The molecule has 0 aliphatic carbocycles. The van der Waals surface area contributed by atoms with E-state index in [1.165, 1.54) is 17.7 Å². The van der Waals surface area contributed by atoms with E-state index < -0.39 is 0 Å². The highest BCUT2D eigenvalue weighted by atomic mass is 32.1. The van der Waals surface area contributed by atoms with Crippen LogP contribution in [-0.2, 0) is 27.3 Å². The van der Waals surface area contributed by atoms with Gasteiger partial charge in [-0.1, -0.05) is 41.7 Å². The Kier molecular flexibility index (Phi) is 7.76. The molecule has 0 radical (unpaired) electrons. The first-order valence-corrected chi connectivity index (χ1v) is 10.3. The van der Waals surface area contributed by atoms with Gasteiger partial charge in [0.05, 0.1) is 12.5 Å². The van der Waals surface area contributed by atoms with Gasteiger partial charge in [-0.05, 0) is 5.56 Å². The summed E-state index contributed by atoms with van der Waals surface area (Å²) in [5, 5.41) is 23.5. The second-order valence-corrected chi connectivity index (χ2v) is 7.64. The summed E-state index contributed by atoms with van der Waals surface area (Å²) >= 11 is 1.39. The van der Waals surface area contributed by atoms with Crippen molar-refractivity contribution in [2.24, 2.45) is 5.92 Å². The molecule has 0 saturated carbocycles. The zero-order chi connectivity index (χ0) is 22.1. The van der Waals surface area contributed by atoms with Crippen molar-refractivity contribution in [3.8, 4) is 0 Å². The summed E-state index contributed by atoms with van der Waals surface area (Å²) in [6.07, 6.45) is 3.90. The third-order valence-corrected chi connectivity index (χ3v) is 5.43. The van der Waals surface area contributed by atoms with Gasteiger partial charge in [-0.2, -0.15) is 5.10 Å². The van der Waals surface area contributed by atoms with Crippen LogP contribution in [0.2, 0.25) is 0 Å². The molecule has 4 rings (SSSR count). The minimum atomic E-state index is -0.385. The third-order valence-electron chi connectivity index (χ3n) is 4.49. The van der Waals surface area contributed by atoms with Crippen LogP contribution in [0.5, 0.6) is 0 Å². The number of hydrogen-bond acceptors (Lipinski definition) is 8. The summed E-state index contributed by atoms with van der Waals surface area (Å²) in [6.45, 7) is 1.05. The number of carboxylic acid groups (broad SMARTS) is 1. The monoisotopic (exact) mass is 443 g/mol. The van der Waals surface area contributed by atoms with Gasteiger partial charge in [0.15, 0.2) is 0 Å². The SMILES string of the molecule is O=C(NCCn1cncn1)C1CC(=O)N(c2nnc(Cc3ccccc3)s2)C1.O=CO. The van der Waals surface area contributed by atoms with Crippen LogP contribution in [0, 0.1) is 5.92 Å². The molecule has 2 N–H and O–H groups in total. The predicted molar refractivity (Wildman–Crippen MR) is 111 cm³/mol. The van der Waals surface area contributed by atoms with E-state index >= 15 is 0 Å². The number of aromatic nitrogens is 5. The average molecular weight is 443 g/mol. The first-order valence-electron chi connectivity index (χ1n) is 9.45. The first kappa shape index (κ1) is 22.0. The lowest BCUT2D eigenvalue weighted by Gasteiger charge is -2.12. The first-order chi connectivity index (χ1) is 15.1. The molecule has 0 spiro atoms. The number of benzene rings is 1. The van der Waals surface area contributed by atoms with Crippen molar-refractivity contribution in [2.75, 3.05) is 18.0 Å². The lowest BCUT2D eigenvalue weighted by molar-refractivity contribution is -0.126. The summed E-state index contributed by atoms with van der Waals surface area (Å²) in [5.41, 5.74) is 1.14. The van der Waals surface area contributed by atoms with Gasteiger partial charge in [-0.25, -0.2) is 4.98 Å². The van der Waals surface area contributed by atoms with Crippen LogP contribution in [0.25, 0.3) is 0 Å². The summed E-state index contributed by atoms with van der Waals surface area (Å²) in [5.74, 6) is -0.617. The molecule has 1 fully saturated rings. The molecule has 3 aromatic rings. The third kappa shape index (κ3) is 6.15. The van der Waals surface area contributed by atoms with Gasteiger partial charge < -0.3 is 10.4 Å².